The van der Waals surface area contributed by atoms with Gasteiger partial charge in [-0.2, -0.15) is 0 Å². The summed E-state index contributed by atoms with van der Waals surface area (Å²) >= 11 is 0. The van der Waals surface area contributed by atoms with Gasteiger partial charge in [0, 0.05) is 16.5 Å². The van der Waals surface area contributed by atoms with Crippen molar-refractivity contribution in [2.75, 3.05) is 0 Å². The van der Waals surface area contributed by atoms with Gasteiger partial charge in [0.2, 0.25) is 0 Å². The Hall–Kier alpha value is -3.37. The minimum Gasteiger partial charge on any atom is -0.206 e. The summed E-state index contributed by atoms with van der Waals surface area (Å²) in [5.41, 5.74) is 6.63. The highest BCUT2D eigenvalue weighted by Gasteiger charge is 2.08. The van der Waals surface area contributed by atoms with Crippen LogP contribution in [0.3, 0.4) is 0 Å². The first-order chi connectivity index (χ1) is 16.7. The summed E-state index contributed by atoms with van der Waals surface area (Å²) in [6, 6.07) is 26.9. The van der Waals surface area contributed by atoms with Crippen molar-refractivity contribution in [3.05, 3.63) is 118 Å². The van der Waals surface area contributed by atoms with Crippen LogP contribution >= 0.6 is 0 Å². The summed E-state index contributed by atoms with van der Waals surface area (Å²) in [5, 5.41) is 1.56. The Morgan fingerprint density at radius 3 is 1.97 bits per heavy atom. The number of halogens is 1. The van der Waals surface area contributed by atoms with Gasteiger partial charge in [0.25, 0.3) is 0 Å². The molecule has 4 rings (SSSR count). The summed E-state index contributed by atoms with van der Waals surface area (Å²) in [4.78, 5) is 0. The van der Waals surface area contributed by atoms with Gasteiger partial charge in [0.05, 0.1) is 0 Å². The van der Waals surface area contributed by atoms with Crippen LogP contribution in [0.5, 0.6) is 0 Å². The maximum Gasteiger partial charge on any atom is 0.134 e. The zero-order valence-corrected chi connectivity index (χ0v) is 20.3. The first-order valence-corrected chi connectivity index (χ1v) is 12.6. The molecule has 0 saturated heterocycles. The third-order valence-corrected chi connectivity index (χ3v) is 6.52. The van der Waals surface area contributed by atoms with Gasteiger partial charge in [-0.15, -0.1) is 0 Å². The Morgan fingerprint density at radius 2 is 1.26 bits per heavy atom. The zero-order chi connectivity index (χ0) is 23.8. The predicted molar refractivity (Wildman–Crippen MR) is 143 cm³/mol. The third kappa shape index (κ3) is 6.15. The van der Waals surface area contributed by atoms with Crippen molar-refractivity contribution < 1.29 is 4.39 Å². The van der Waals surface area contributed by atoms with Crippen LogP contribution in [0.1, 0.15) is 66.5 Å². The Balaban J connectivity index is 1.43. The molecule has 4 aromatic rings. The van der Waals surface area contributed by atoms with Crippen LogP contribution in [0, 0.1) is 17.7 Å². The van der Waals surface area contributed by atoms with E-state index in [0.29, 0.717) is 11.8 Å². The molecule has 0 aliphatic rings. The fourth-order valence-corrected chi connectivity index (χ4v) is 4.31. The van der Waals surface area contributed by atoms with E-state index in [2.05, 4.69) is 74.2 Å². The lowest BCUT2D eigenvalue weighted by atomic mass is 9.98. The molecule has 0 radical (unpaired) electrons. The molecule has 0 spiro atoms. The highest BCUT2D eigenvalue weighted by molar-refractivity contribution is 5.85. The van der Waals surface area contributed by atoms with E-state index in [0.717, 1.165) is 41.3 Å². The lowest BCUT2D eigenvalue weighted by Crippen LogP contribution is -1.96. The molecule has 0 amide bonds. The molecule has 0 bridgehead atoms. The molecule has 0 unspecified atom stereocenters. The van der Waals surface area contributed by atoms with Crippen LogP contribution in [0.4, 0.5) is 4.39 Å². The minimum absolute atomic E-state index is 0.108. The fourth-order valence-electron chi connectivity index (χ4n) is 4.31. The summed E-state index contributed by atoms with van der Waals surface area (Å²) in [6.45, 7) is 4.38. The maximum absolute atomic E-state index is 15.2. The summed E-state index contributed by atoms with van der Waals surface area (Å²) in [6.07, 6.45) is 7.49. The molecule has 0 aliphatic heterocycles. The number of unbranched alkanes of at least 4 members (excludes halogenated alkanes) is 2. The molecule has 0 atom stereocenters. The number of fused-ring (bicyclic) bond motifs is 1. The van der Waals surface area contributed by atoms with Crippen LogP contribution in [0.15, 0.2) is 78.9 Å². The Kier molecular flexibility index (Phi) is 8.16. The maximum atomic E-state index is 15.2. The van der Waals surface area contributed by atoms with Crippen molar-refractivity contribution in [3.8, 4) is 11.8 Å². The second-order valence-corrected chi connectivity index (χ2v) is 9.05. The largest absolute Gasteiger partial charge is 0.206 e. The van der Waals surface area contributed by atoms with Crippen molar-refractivity contribution in [2.45, 2.75) is 58.8 Å². The average Bonchev–Trinajstić information content (AvgIpc) is 2.88. The van der Waals surface area contributed by atoms with Crippen LogP contribution in [0.2, 0.25) is 0 Å². The molecule has 0 aromatic heterocycles. The monoisotopic (exact) mass is 448 g/mol. The molecule has 0 saturated carbocycles. The highest BCUT2D eigenvalue weighted by atomic mass is 19.1. The minimum atomic E-state index is -0.108. The standard InChI is InChI=1S/C33H33F/c1-3-5-6-7-26-12-14-28(15-13-26)18-20-30-21-22-31-24-29(19-23-32(31)33(30)34)17-16-27-10-8-25(4-2)9-11-27/h8-15,19,21-24H,3-7,18,20H2,1-2H3. The van der Waals surface area contributed by atoms with Gasteiger partial charge in [0.1, 0.15) is 5.82 Å². The summed E-state index contributed by atoms with van der Waals surface area (Å²) < 4.78 is 15.2. The van der Waals surface area contributed by atoms with E-state index in [1.54, 1.807) is 0 Å². The van der Waals surface area contributed by atoms with E-state index in [9.17, 15) is 0 Å². The van der Waals surface area contributed by atoms with Crippen LogP contribution in [0.25, 0.3) is 10.8 Å². The number of hydrogen-bond donors (Lipinski definition) is 0. The van der Waals surface area contributed by atoms with E-state index in [4.69, 9.17) is 0 Å². The Bertz CT molecular complexity index is 1280. The molecule has 1 heteroatoms. The average molecular weight is 449 g/mol. The van der Waals surface area contributed by atoms with Gasteiger partial charge in [-0.1, -0.05) is 93.1 Å². The molecular weight excluding hydrogens is 415 g/mol. The van der Waals surface area contributed by atoms with Gasteiger partial charge < -0.3 is 0 Å². The quantitative estimate of drug-likeness (QED) is 0.187. The van der Waals surface area contributed by atoms with E-state index >= 15 is 4.39 Å². The van der Waals surface area contributed by atoms with Crippen molar-refractivity contribution in [1.29, 1.82) is 0 Å². The molecule has 0 aliphatic carbocycles. The van der Waals surface area contributed by atoms with Crippen molar-refractivity contribution >= 4 is 10.8 Å². The lowest BCUT2D eigenvalue weighted by molar-refractivity contribution is 0.620. The number of benzene rings is 4. The van der Waals surface area contributed by atoms with Gasteiger partial charge in [-0.05, 0) is 84.0 Å². The van der Waals surface area contributed by atoms with E-state index in [1.807, 2.05) is 30.3 Å². The molecule has 0 heterocycles. The van der Waals surface area contributed by atoms with Crippen molar-refractivity contribution in [2.24, 2.45) is 0 Å². The predicted octanol–water partition coefficient (Wildman–Crippen LogP) is 8.46. The molecule has 0 N–H and O–H groups in total. The summed E-state index contributed by atoms with van der Waals surface area (Å²) in [5.74, 6) is 6.33. The van der Waals surface area contributed by atoms with Gasteiger partial charge in [-0.3, -0.25) is 0 Å². The first kappa shape index (κ1) is 23.8. The van der Waals surface area contributed by atoms with Crippen LogP contribution in [-0.4, -0.2) is 0 Å². The molecular formula is C33H33F. The SMILES string of the molecule is CCCCCc1ccc(CCc2ccc3cc(C#Cc4ccc(CC)cc4)ccc3c2F)cc1. The first-order valence-electron chi connectivity index (χ1n) is 12.6. The number of rotatable bonds is 8. The lowest BCUT2D eigenvalue weighted by Gasteiger charge is -2.08. The number of aryl methyl sites for hydroxylation is 4. The van der Waals surface area contributed by atoms with E-state index in [1.165, 1.54) is 36.0 Å². The van der Waals surface area contributed by atoms with Gasteiger partial charge in [-0.25, -0.2) is 4.39 Å². The normalized spacial score (nSPS) is 10.8. The second kappa shape index (κ2) is 11.7. The zero-order valence-electron chi connectivity index (χ0n) is 20.3. The van der Waals surface area contributed by atoms with Gasteiger partial charge >= 0.3 is 0 Å². The number of hydrogen-bond acceptors (Lipinski definition) is 0. The second-order valence-electron chi connectivity index (χ2n) is 9.05. The molecule has 0 fully saturated rings. The van der Waals surface area contributed by atoms with Crippen LogP contribution < -0.4 is 0 Å². The molecule has 34 heavy (non-hydrogen) atoms. The summed E-state index contributed by atoms with van der Waals surface area (Å²) in [7, 11) is 0. The highest BCUT2D eigenvalue weighted by Crippen LogP contribution is 2.24. The molecule has 0 nitrogen and oxygen atoms in total. The van der Waals surface area contributed by atoms with Gasteiger partial charge in [0.15, 0.2) is 0 Å². The topological polar surface area (TPSA) is 0 Å². The van der Waals surface area contributed by atoms with Crippen molar-refractivity contribution in [1.82, 2.24) is 0 Å². The van der Waals surface area contributed by atoms with Crippen LogP contribution in [-0.2, 0) is 25.7 Å². The Labute approximate surface area is 203 Å². The Morgan fingerprint density at radius 1 is 0.618 bits per heavy atom. The molecule has 4 aromatic carbocycles. The third-order valence-electron chi connectivity index (χ3n) is 6.52. The van der Waals surface area contributed by atoms with E-state index < -0.39 is 0 Å². The van der Waals surface area contributed by atoms with Crippen molar-refractivity contribution in [3.63, 3.8) is 0 Å². The van der Waals surface area contributed by atoms with E-state index in [-0.39, 0.29) is 5.82 Å². The smallest absolute Gasteiger partial charge is 0.134 e. The fraction of sp³-hybridized carbons (Fsp3) is 0.273. The molecule has 172 valence electrons.